The van der Waals surface area contributed by atoms with E-state index >= 15 is 0 Å². The Morgan fingerprint density at radius 2 is 2.31 bits per heavy atom. The number of nitrogens with one attached hydrogen (secondary N) is 1. The van der Waals surface area contributed by atoms with Gasteiger partial charge in [0.25, 0.3) is 5.91 Å². The number of hydrogen-bond donors (Lipinski definition) is 2. The van der Waals surface area contributed by atoms with Gasteiger partial charge < -0.3 is 10.4 Å². The van der Waals surface area contributed by atoms with Crippen LogP contribution in [0.5, 0.6) is 5.75 Å². The molecule has 0 unspecified atom stereocenters. The Labute approximate surface area is 99.7 Å². The predicted molar refractivity (Wildman–Crippen MR) is 64.9 cm³/mol. The molecule has 3 nitrogen and oxygen atoms in total. The maximum absolute atomic E-state index is 11.6. The summed E-state index contributed by atoms with van der Waals surface area (Å²) in [7, 11) is 0. The average Bonchev–Trinajstić information content (AvgIpc) is 2.24. The van der Waals surface area contributed by atoms with Crippen LogP contribution < -0.4 is 5.32 Å². The zero-order valence-corrected chi connectivity index (χ0v) is 9.79. The highest BCUT2D eigenvalue weighted by Crippen LogP contribution is 2.21. The molecule has 0 aliphatic heterocycles. The molecule has 0 fully saturated rings. The monoisotopic (exact) mass is 239 g/mol. The number of hydrogen-bond acceptors (Lipinski definition) is 2. The van der Waals surface area contributed by atoms with Crippen molar-refractivity contribution in [2.75, 3.05) is 6.54 Å². The van der Waals surface area contributed by atoms with Gasteiger partial charge in [0.15, 0.2) is 0 Å². The second-order valence-corrected chi connectivity index (χ2v) is 3.71. The summed E-state index contributed by atoms with van der Waals surface area (Å²) in [6, 6.07) is 4.42. The van der Waals surface area contributed by atoms with Crippen molar-refractivity contribution < 1.29 is 9.90 Å². The molecule has 0 aliphatic carbocycles. The lowest BCUT2D eigenvalue weighted by Gasteiger charge is -2.05. The summed E-state index contributed by atoms with van der Waals surface area (Å²) in [5.74, 6) is -0.394. The molecule has 4 heteroatoms. The van der Waals surface area contributed by atoms with Crippen molar-refractivity contribution in [3.8, 4) is 5.75 Å². The van der Waals surface area contributed by atoms with Crippen LogP contribution in [0.1, 0.15) is 23.7 Å². The van der Waals surface area contributed by atoms with Crippen LogP contribution in [0.15, 0.2) is 30.4 Å². The zero-order valence-electron chi connectivity index (χ0n) is 9.03. The van der Waals surface area contributed by atoms with Crippen LogP contribution in [-0.2, 0) is 0 Å². The largest absolute Gasteiger partial charge is 0.507 e. The first kappa shape index (κ1) is 12.6. The number of phenols is 1. The van der Waals surface area contributed by atoms with Crippen molar-refractivity contribution in [1.82, 2.24) is 5.32 Å². The van der Waals surface area contributed by atoms with Gasteiger partial charge >= 0.3 is 0 Å². The SMILES string of the molecule is C/C=C/CCNC(=O)c1ccc(Cl)cc1O. The standard InChI is InChI=1S/C12H14ClNO2/c1-2-3-4-7-14-12(16)10-6-5-9(13)8-11(10)15/h2-3,5-6,8,15H,4,7H2,1H3,(H,14,16)/b3-2+. The molecule has 1 aromatic rings. The normalized spacial score (nSPS) is 10.6. The van der Waals surface area contributed by atoms with Crippen molar-refractivity contribution in [2.24, 2.45) is 0 Å². The average molecular weight is 240 g/mol. The van der Waals surface area contributed by atoms with Gasteiger partial charge in [0.1, 0.15) is 5.75 Å². The summed E-state index contributed by atoms with van der Waals surface area (Å²) < 4.78 is 0. The molecule has 0 radical (unpaired) electrons. The Kier molecular flexibility index (Phi) is 4.86. The lowest BCUT2D eigenvalue weighted by molar-refractivity contribution is 0.0951. The quantitative estimate of drug-likeness (QED) is 0.627. The molecule has 0 aromatic heterocycles. The van der Waals surface area contributed by atoms with Gasteiger partial charge in [-0.3, -0.25) is 4.79 Å². The van der Waals surface area contributed by atoms with Gasteiger partial charge in [-0.1, -0.05) is 23.8 Å². The topological polar surface area (TPSA) is 49.3 Å². The summed E-state index contributed by atoms with van der Waals surface area (Å²) in [4.78, 5) is 11.6. The highest BCUT2D eigenvalue weighted by Gasteiger charge is 2.09. The number of aromatic hydroxyl groups is 1. The third-order valence-electron chi connectivity index (χ3n) is 2.04. The van der Waals surface area contributed by atoms with Crippen molar-refractivity contribution in [3.63, 3.8) is 0 Å². The van der Waals surface area contributed by atoms with Crippen LogP contribution in [-0.4, -0.2) is 17.6 Å². The fourth-order valence-corrected chi connectivity index (χ4v) is 1.39. The first-order chi connectivity index (χ1) is 7.65. The second-order valence-electron chi connectivity index (χ2n) is 3.28. The van der Waals surface area contributed by atoms with E-state index in [0.29, 0.717) is 11.6 Å². The number of phenolic OH excluding ortho intramolecular Hbond substituents is 1. The molecule has 1 rings (SSSR count). The van der Waals surface area contributed by atoms with Gasteiger partial charge in [-0.2, -0.15) is 0 Å². The van der Waals surface area contributed by atoms with Gasteiger partial charge in [0, 0.05) is 11.6 Å². The summed E-state index contributed by atoms with van der Waals surface area (Å²) in [6.45, 7) is 2.47. The van der Waals surface area contributed by atoms with E-state index in [2.05, 4.69) is 5.32 Å². The molecule has 0 saturated carbocycles. The number of benzene rings is 1. The molecule has 16 heavy (non-hydrogen) atoms. The van der Waals surface area contributed by atoms with Crippen LogP contribution in [0.3, 0.4) is 0 Å². The lowest BCUT2D eigenvalue weighted by atomic mass is 10.2. The van der Waals surface area contributed by atoms with E-state index in [1.165, 1.54) is 12.1 Å². The Morgan fingerprint density at radius 1 is 1.56 bits per heavy atom. The van der Waals surface area contributed by atoms with Gasteiger partial charge in [-0.15, -0.1) is 0 Å². The molecule has 0 saturated heterocycles. The van der Waals surface area contributed by atoms with E-state index in [9.17, 15) is 9.90 Å². The Bertz CT molecular complexity index is 402. The van der Waals surface area contributed by atoms with E-state index in [1.807, 2.05) is 19.1 Å². The van der Waals surface area contributed by atoms with Gasteiger partial charge in [0.05, 0.1) is 5.56 Å². The van der Waals surface area contributed by atoms with E-state index in [-0.39, 0.29) is 17.2 Å². The van der Waals surface area contributed by atoms with E-state index < -0.39 is 0 Å². The Hall–Kier alpha value is -1.48. The van der Waals surface area contributed by atoms with Crippen LogP contribution in [0.25, 0.3) is 0 Å². The number of rotatable bonds is 4. The molecule has 0 heterocycles. The minimum atomic E-state index is -0.293. The summed E-state index contributed by atoms with van der Waals surface area (Å²) >= 11 is 5.67. The molecule has 0 atom stereocenters. The van der Waals surface area contributed by atoms with Gasteiger partial charge in [-0.05, 0) is 31.5 Å². The highest BCUT2D eigenvalue weighted by atomic mass is 35.5. The zero-order chi connectivity index (χ0) is 12.0. The van der Waals surface area contributed by atoms with Crippen molar-refractivity contribution in [3.05, 3.63) is 40.9 Å². The maximum Gasteiger partial charge on any atom is 0.255 e. The van der Waals surface area contributed by atoms with E-state index in [1.54, 1.807) is 6.07 Å². The number of allylic oxidation sites excluding steroid dienone is 1. The minimum Gasteiger partial charge on any atom is -0.507 e. The van der Waals surface area contributed by atoms with E-state index in [4.69, 9.17) is 11.6 Å². The van der Waals surface area contributed by atoms with E-state index in [0.717, 1.165) is 6.42 Å². The first-order valence-electron chi connectivity index (χ1n) is 5.03. The van der Waals surface area contributed by atoms with Crippen LogP contribution in [0.4, 0.5) is 0 Å². The molecular weight excluding hydrogens is 226 g/mol. The third kappa shape index (κ3) is 3.59. The van der Waals surface area contributed by atoms with Crippen molar-refractivity contribution in [1.29, 1.82) is 0 Å². The molecule has 0 spiro atoms. The van der Waals surface area contributed by atoms with Crippen molar-refractivity contribution in [2.45, 2.75) is 13.3 Å². The number of halogens is 1. The highest BCUT2D eigenvalue weighted by molar-refractivity contribution is 6.30. The molecule has 86 valence electrons. The number of amides is 1. The number of carbonyl (C=O) groups excluding carboxylic acids is 1. The Balaban J connectivity index is 2.59. The fraction of sp³-hybridized carbons (Fsp3) is 0.250. The Morgan fingerprint density at radius 3 is 2.94 bits per heavy atom. The molecular formula is C12H14ClNO2. The van der Waals surface area contributed by atoms with Crippen LogP contribution in [0.2, 0.25) is 5.02 Å². The van der Waals surface area contributed by atoms with Crippen LogP contribution >= 0.6 is 11.6 Å². The van der Waals surface area contributed by atoms with Gasteiger partial charge in [-0.25, -0.2) is 0 Å². The summed E-state index contributed by atoms with van der Waals surface area (Å²) in [5, 5.41) is 12.6. The van der Waals surface area contributed by atoms with Gasteiger partial charge in [0.2, 0.25) is 0 Å². The van der Waals surface area contributed by atoms with Crippen LogP contribution in [0, 0.1) is 0 Å². The third-order valence-corrected chi connectivity index (χ3v) is 2.27. The molecule has 0 bridgehead atoms. The second kappa shape index (κ2) is 6.18. The molecule has 2 N–H and O–H groups in total. The number of carbonyl (C=O) groups is 1. The fourth-order valence-electron chi connectivity index (χ4n) is 1.23. The smallest absolute Gasteiger partial charge is 0.255 e. The molecule has 1 aromatic carbocycles. The minimum absolute atomic E-state index is 0.101. The summed E-state index contributed by atoms with van der Waals surface area (Å²) in [6.07, 6.45) is 4.66. The lowest BCUT2D eigenvalue weighted by Crippen LogP contribution is -2.24. The first-order valence-corrected chi connectivity index (χ1v) is 5.41. The van der Waals surface area contributed by atoms with Crippen molar-refractivity contribution >= 4 is 17.5 Å². The summed E-state index contributed by atoms with van der Waals surface area (Å²) in [5.41, 5.74) is 0.241. The predicted octanol–water partition coefficient (Wildman–Crippen LogP) is 2.74. The maximum atomic E-state index is 11.6. The molecule has 0 aliphatic rings. The molecule has 1 amide bonds.